The van der Waals surface area contributed by atoms with Crippen LogP contribution in [0.2, 0.25) is 0 Å². The molecule has 1 heterocycles. The van der Waals surface area contributed by atoms with Crippen LogP contribution in [0.15, 0.2) is 12.7 Å². The SMILES string of the molecule is C=CC1CC12C(=O)OC(CC)(CC)OC2=O. The maximum atomic E-state index is 11.9. The first-order valence-electron chi connectivity index (χ1n) is 5.64. The van der Waals surface area contributed by atoms with Gasteiger partial charge in [0.2, 0.25) is 0 Å². The van der Waals surface area contributed by atoms with E-state index in [1.165, 1.54) is 0 Å². The summed E-state index contributed by atoms with van der Waals surface area (Å²) in [7, 11) is 0. The second-order valence-electron chi connectivity index (χ2n) is 4.41. The lowest BCUT2D eigenvalue weighted by Crippen LogP contribution is -2.51. The van der Waals surface area contributed by atoms with Gasteiger partial charge < -0.3 is 9.47 Å². The average Bonchev–Trinajstić information content (AvgIpc) is 3.02. The lowest BCUT2D eigenvalue weighted by atomic mass is 10.0. The number of allylic oxidation sites excluding steroid dienone is 1. The van der Waals surface area contributed by atoms with Gasteiger partial charge in [0.1, 0.15) is 0 Å². The molecule has 1 aliphatic carbocycles. The van der Waals surface area contributed by atoms with E-state index < -0.39 is 23.1 Å². The van der Waals surface area contributed by atoms with E-state index in [0.717, 1.165) is 0 Å². The third-order valence-electron chi connectivity index (χ3n) is 3.66. The first-order valence-corrected chi connectivity index (χ1v) is 5.64. The van der Waals surface area contributed by atoms with Crippen molar-refractivity contribution in [3.8, 4) is 0 Å². The molecule has 4 heteroatoms. The van der Waals surface area contributed by atoms with Crippen LogP contribution in [0.4, 0.5) is 0 Å². The number of carbonyl (C=O) groups excluding carboxylic acids is 2. The van der Waals surface area contributed by atoms with Gasteiger partial charge >= 0.3 is 11.9 Å². The van der Waals surface area contributed by atoms with Gasteiger partial charge in [0, 0.05) is 18.8 Å². The van der Waals surface area contributed by atoms with Crippen molar-refractivity contribution in [2.24, 2.45) is 11.3 Å². The van der Waals surface area contributed by atoms with E-state index in [2.05, 4.69) is 6.58 Å². The molecule has 0 aromatic carbocycles. The normalized spacial score (nSPS) is 29.5. The van der Waals surface area contributed by atoms with Gasteiger partial charge in [-0.2, -0.15) is 0 Å². The third-order valence-corrected chi connectivity index (χ3v) is 3.66. The second-order valence-corrected chi connectivity index (χ2v) is 4.41. The number of hydrogen-bond acceptors (Lipinski definition) is 4. The molecule has 1 saturated carbocycles. The Hall–Kier alpha value is -1.32. The zero-order valence-corrected chi connectivity index (χ0v) is 9.62. The van der Waals surface area contributed by atoms with Crippen LogP contribution in [-0.2, 0) is 19.1 Å². The Morgan fingerprint density at radius 2 is 1.81 bits per heavy atom. The lowest BCUT2D eigenvalue weighted by molar-refractivity contribution is -0.257. The molecule has 0 aromatic heterocycles. The first-order chi connectivity index (χ1) is 7.54. The minimum atomic E-state index is -1.07. The summed E-state index contributed by atoms with van der Waals surface area (Å²) < 4.78 is 10.6. The van der Waals surface area contributed by atoms with Crippen molar-refractivity contribution in [2.45, 2.75) is 38.9 Å². The van der Waals surface area contributed by atoms with E-state index in [9.17, 15) is 9.59 Å². The van der Waals surface area contributed by atoms with E-state index in [1.54, 1.807) is 6.08 Å². The Bertz CT molecular complexity index is 334. The van der Waals surface area contributed by atoms with Gasteiger partial charge in [-0.25, -0.2) is 0 Å². The fraction of sp³-hybridized carbons (Fsp3) is 0.667. The minimum Gasteiger partial charge on any atom is -0.422 e. The number of carbonyl (C=O) groups is 2. The fourth-order valence-electron chi connectivity index (χ4n) is 2.20. The zero-order valence-electron chi connectivity index (χ0n) is 9.62. The molecular weight excluding hydrogens is 208 g/mol. The summed E-state index contributed by atoms with van der Waals surface area (Å²) in [6.45, 7) is 7.27. The smallest absolute Gasteiger partial charge is 0.327 e. The molecule has 0 radical (unpaired) electrons. The molecule has 1 saturated heterocycles. The number of ether oxygens (including phenoxy) is 2. The van der Waals surface area contributed by atoms with E-state index in [4.69, 9.17) is 9.47 Å². The zero-order chi connectivity index (χ0) is 12.0. The molecule has 2 aliphatic rings. The van der Waals surface area contributed by atoms with Crippen molar-refractivity contribution in [3.63, 3.8) is 0 Å². The summed E-state index contributed by atoms with van der Waals surface area (Å²) in [4.78, 5) is 23.8. The predicted molar refractivity (Wildman–Crippen MR) is 56.2 cm³/mol. The molecule has 1 spiro atoms. The molecule has 16 heavy (non-hydrogen) atoms. The van der Waals surface area contributed by atoms with Crippen LogP contribution in [-0.4, -0.2) is 17.7 Å². The Kier molecular flexibility index (Phi) is 2.33. The Balaban J connectivity index is 2.25. The van der Waals surface area contributed by atoms with Crippen LogP contribution in [0.3, 0.4) is 0 Å². The van der Waals surface area contributed by atoms with Gasteiger partial charge in [0.05, 0.1) is 0 Å². The molecule has 2 rings (SSSR count). The third kappa shape index (κ3) is 1.22. The lowest BCUT2D eigenvalue weighted by Gasteiger charge is -2.37. The Morgan fingerprint density at radius 1 is 1.31 bits per heavy atom. The van der Waals surface area contributed by atoms with E-state index in [0.29, 0.717) is 19.3 Å². The predicted octanol–water partition coefficient (Wildman–Crippen LogP) is 1.79. The van der Waals surface area contributed by atoms with Gasteiger partial charge in [-0.3, -0.25) is 9.59 Å². The highest BCUT2D eigenvalue weighted by atomic mass is 16.7. The summed E-state index contributed by atoms with van der Waals surface area (Å²) in [5, 5.41) is 0. The highest BCUT2D eigenvalue weighted by molar-refractivity contribution is 6.05. The van der Waals surface area contributed by atoms with Crippen LogP contribution in [0, 0.1) is 11.3 Å². The molecule has 0 aromatic rings. The van der Waals surface area contributed by atoms with Crippen LogP contribution in [0.1, 0.15) is 33.1 Å². The molecule has 4 nitrogen and oxygen atoms in total. The van der Waals surface area contributed by atoms with E-state index in [-0.39, 0.29) is 5.92 Å². The summed E-state index contributed by atoms with van der Waals surface area (Å²) in [5.74, 6) is -2.07. The highest BCUT2D eigenvalue weighted by Crippen LogP contribution is 2.58. The monoisotopic (exact) mass is 224 g/mol. The molecular formula is C12H16O4. The molecule has 0 amide bonds. The standard InChI is InChI=1S/C12H16O4/c1-4-8-7-12(8)9(13)15-11(5-2,6-3)16-10(12)14/h4,8H,1,5-7H2,2-3H3. The number of esters is 2. The maximum absolute atomic E-state index is 11.9. The number of rotatable bonds is 3. The Morgan fingerprint density at radius 3 is 2.12 bits per heavy atom. The van der Waals surface area contributed by atoms with Gasteiger partial charge in [0.25, 0.3) is 5.79 Å². The van der Waals surface area contributed by atoms with Gasteiger partial charge in [-0.15, -0.1) is 6.58 Å². The van der Waals surface area contributed by atoms with Crippen molar-refractivity contribution >= 4 is 11.9 Å². The quantitative estimate of drug-likeness (QED) is 0.416. The van der Waals surface area contributed by atoms with Crippen molar-refractivity contribution in [3.05, 3.63) is 12.7 Å². The maximum Gasteiger partial charge on any atom is 0.327 e. The molecule has 1 unspecified atom stereocenters. The molecule has 0 bridgehead atoms. The molecule has 1 aliphatic heterocycles. The van der Waals surface area contributed by atoms with Crippen molar-refractivity contribution in [2.75, 3.05) is 0 Å². The minimum absolute atomic E-state index is 0.126. The highest BCUT2D eigenvalue weighted by Gasteiger charge is 2.71. The fourth-order valence-corrected chi connectivity index (χ4v) is 2.20. The topological polar surface area (TPSA) is 52.6 Å². The van der Waals surface area contributed by atoms with Crippen LogP contribution < -0.4 is 0 Å². The van der Waals surface area contributed by atoms with Crippen LogP contribution in [0.5, 0.6) is 0 Å². The Labute approximate surface area is 94.6 Å². The number of cyclic esters (lactones) is 2. The van der Waals surface area contributed by atoms with Crippen molar-refractivity contribution in [1.82, 2.24) is 0 Å². The van der Waals surface area contributed by atoms with Crippen molar-refractivity contribution < 1.29 is 19.1 Å². The molecule has 0 N–H and O–H groups in total. The molecule has 2 fully saturated rings. The largest absolute Gasteiger partial charge is 0.422 e. The average molecular weight is 224 g/mol. The second kappa shape index (κ2) is 3.34. The van der Waals surface area contributed by atoms with Crippen LogP contribution in [0.25, 0.3) is 0 Å². The first kappa shape index (κ1) is 11.2. The molecule has 1 atom stereocenters. The summed E-state index contributed by atoms with van der Waals surface area (Å²) in [6.07, 6.45) is 3.05. The van der Waals surface area contributed by atoms with Crippen LogP contribution >= 0.6 is 0 Å². The van der Waals surface area contributed by atoms with E-state index in [1.807, 2.05) is 13.8 Å². The summed E-state index contributed by atoms with van der Waals surface area (Å²) >= 11 is 0. The summed E-state index contributed by atoms with van der Waals surface area (Å²) in [5.41, 5.74) is -1.07. The van der Waals surface area contributed by atoms with Gasteiger partial charge in [-0.1, -0.05) is 19.9 Å². The van der Waals surface area contributed by atoms with Crippen molar-refractivity contribution in [1.29, 1.82) is 0 Å². The summed E-state index contributed by atoms with van der Waals surface area (Å²) in [6, 6.07) is 0. The molecule has 88 valence electrons. The number of hydrogen-bond donors (Lipinski definition) is 0. The van der Waals surface area contributed by atoms with Gasteiger partial charge in [-0.05, 0) is 6.42 Å². The van der Waals surface area contributed by atoms with E-state index >= 15 is 0 Å². The van der Waals surface area contributed by atoms with Gasteiger partial charge in [0.15, 0.2) is 5.41 Å².